The maximum atomic E-state index is 11.6. The van der Waals surface area contributed by atoms with E-state index in [2.05, 4.69) is 18.8 Å². The highest BCUT2D eigenvalue weighted by atomic mass is 32.2. The predicted octanol–water partition coefficient (Wildman–Crippen LogP) is 2.06. The summed E-state index contributed by atoms with van der Waals surface area (Å²) < 4.78 is 1.89. The molecule has 0 amide bonds. The van der Waals surface area contributed by atoms with Crippen molar-refractivity contribution in [3.63, 3.8) is 0 Å². The number of ketones is 1. The summed E-state index contributed by atoms with van der Waals surface area (Å²) in [5.74, 6) is 1.71. The molecule has 0 bridgehead atoms. The van der Waals surface area contributed by atoms with Gasteiger partial charge in [-0.05, 0) is 6.42 Å². The van der Waals surface area contributed by atoms with Crippen LogP contribution in [0, 0.1) is 0 Å². The van der Waals surface area contributed by atoms with Gasteiger partial charge in [0.1, 0.15) is 11.6 Å². The van der Waals surface area contributed by atoms with Crippen molar-refractivity contribution in [3.05, 3.63) is 18.2 Å². The maximum Gasteiger partial charge on any atom is 0.150 e. The summed E-state index contributed by atoms with van der Waals surface area (Å²) in [6, 6.07) is 0. The molecule has 0 aromatic carbocycles. The Balaban J connectivity index is 2.34. The third kappa shape index (κ3) is 4.08. The van der Waals surface area contributed by atoms with Gasteiger partial charge >= 0.3 is 0 Å². The van der Waals surface area contributed by atoms with Gasteiger partial charge in [-0.25, -0.2) is 4.98 Å². The van der Waals surface area contributed by atoms with Crippen LogP contribution in [0.4, 0.5) is 0 Å². The molecule has 0 N–H and O–H groups in total. The molecule has 0 fully saturated rings. The second kappa shape index (κ2) is 5.95. The van der Waals surface area contributed by atoms with E-state index in [0.29, 0.717) is 17.4 Å². The lowest BCUT2D eigenvalue weighted by molar-refractivity contribution is -0.116. The van der Waals surface area contributed by atoms with Crippen molar-refractivity contribution in [2.75, 3.05) is 5.75 Å². The average molecular weight is 226 g/mol. The smallest absolute Gasteiger partial charge is 0.150 e. The number of aryl methyl sites for hydroxylation is 1. The van der Waals surface area contributed by atoms with E-state index in [9.17, 15) is 4.79 Å². The number of Topliss-reactive ketones (excluding diaryl/α,β-unsaturated/α-hetero) is 1. The minimum Gasteiger partial charge on any atom is -0.338 e. The molecule has 0 aliphatic rings. The van der Waals surface area contributed by atoms with Crippen LogP contribution < -0.4 is 0 Å². The Morgan fingerprint density at radius 3 is 2.93 bits per heavy atom. The van der Waals surface area contributed by atoms with Crippen LogP contribution in [0.2, 0.25) is 0 Å². The Kier molecular flexibility index (Phi) is 4.88. The molecule has 1 aromatic heterocycles. The molecule has 1 heterocycles. The number of aromatic nitrogens is 2. The fraction of sp³-hybridized carbons (Fsp3) is 0.636. The number of hydrogen-bond donors (Lipinski definition) is 0. The molecule has 0 aliphatic heterocycles. The topological polar surface area (TPSA) is 34.9 Å². The molecule has 15 heavy (non-hydrogen) atoms. The van der Waals surface area contributed by atoms with Gasteiger partial charge < -0.3 is 4.57 Å². The lowest BCUT2D eigenvalue weighted by Crippen LogP contribution is -2.11. The van der Waals surface area contributed by atoms with Gasteiger partial charge in [-0.3, -0.25) is 4.79 Å². The summed E-state index contributed by atoms with van der Waals surface area (Å²) >= 11 is 1.73. The number of carbonyl (C=O) groups is 1. The lowest BCUT2D eigenvalue weighted by atomic mass is 10.3. The molecule has 1 atom stereocenters. The molecular formula is C11H18N2OS. The van der Waals surface area contributed by atoms with E-state index in [1.165, 1.54) is 0 Å². The first-order chi connectivity index (χ1) is 7.13. The highest BCUT2D eigenvalue weighted by Crippen LogP contribution is 2.13. The molecule has 1 rings (SSSR count). The molecule has 1 aromatic rings. The first-order valence-corrected chi connectivity index (χ1v) is 6.27. The van der Waals surface area contributed by atoms with Crippen LogP contribution in [0.15, 0.2) is 12.4 Å². The van der Waals surface area contributed by atoms with Crippen LogP contribution in [0.25, 0.3) is 0 Å². The summed E-state index contributed by atoms with van der Waals surface area (Å²) in [6.07, 6.45) is 5.15. The highest BCUT2D eigenvalue weighted by Gasteiger charge is 2.09. The normalized spacial score (nSPS) is 12.7. The Bertz CT molecular complexity index is 322. The number of carbonyl (C=O) groups excluding carboxylic acids is 1. The van der Waals surface area contributed by atoms with E-state index in [0.717, 1.165) is 12.2 Å². The number of hydrogen-bond acceptors (Lipinski definition) is 3. The summed E-state index contributed by atoms with van der Waals surface area (Å²) in [7, 11) is 1.91. The molecule has 0 aliphatic carbocycles. The van der Waals surface area contributed by atoms with Gasteiger partial charge in [0, 0.05) is 24.7 Å². The SMILES string of the molecule is CCC(C)SCC(=O)Cc1nccn1C. The second-order valence-corrected chi connectivity index (χ2v) is 5.13. The summed E-state index contributed by atoms with van der Waals surface area (Å²) in [4.78, 5) is 15.7. The van der Waals surface area contributed by atoms with Crippen LogP contribution in [-0.4, -0.2) is 26.3 Å². The van der Waals surface area contributed by atoms with Crippen molar-refractivity contribution in [1.29, 1.82) is 0 Å². The number of rotatable bonds is 6. The molecule has 4 heteroatoms. The van der Waals surface area contributed by atoms with Crippen molar-refractivity contribution in [1.82, 2.24) is 9.55 Å². The zero-order valence-electron chi connectivity index (χ0n) is 9.56. The Hall–Kier alpha value is -0.770. The first-order valence-electron chi connectivity index (χ1n) is 5.23. The van der Waals surface area contributed by atoms with Crippen molar-refractivity contribution < 1.29 is 4.79 Å². The van der Waals surface area contributed by atoms with Crippen molar-refractivity contribution in [2.24, 2.45) is 7.05 Å². The minimum absolute atomic E-state index is 0.259. The Morgan fingerprint density at radius 1 is 1.67 bits per heavy atom. The van der Waals surface area contributed by atoms with Crippen LogP contribution in [0.1, 0.15) is 26.1 Å². The van der Waals surface area contributed by atoms with Crippen LogP contribution in [0.5, 0.6) is 0 Å². The number of nitrogens with zero attached hydrogens (tertiary/aromatic N) is 2. The van der Waals surface area contributed by atoms with E-state index >= 15 is 0 Å². The summed E-state index contributed by atoms with van der Waals surface area (Å²) in [6.45, 7) is 4.29. The van der Waals surface area contributed by atoms with Gasteiger partial charge in [0.25, 0.3) is 0 Å². The zero-order chi connectivity index (χ0) is 11.3. The molecule has 3 nitrogen and oxygen atoms in total. The average Bonchev–Trinajstić information content (AvgIpc) is 2.61. The lowest BCUT2D eigenvalue weighted by Gasteiger charge is -2.06. The third-order valence-corrected chi connectivity index (χ3v) is 3.77. The minimum atomic E-state index is 0.259. The zero-order valence-corrected chi connectivity index (χ0v) is 10.4. The van der Waals surface area contributed by atoms with E-state index in [1.54, 1.807) is 18.0 Å². The summed E-state index contributed by atoms with van der Waals surface area (Å²) in [5, 5.41) is 0.565. The van der Waals surface area contributed by atoms with Crippen LogP contribution in [-0.2, 0) is 18.3 Å². The number of thioether (sulfide) groups is 1. The van der Waals surface area contributed by atoms with Gasteiger partial charge in [0.05, 0.1) is 12.2 Å². The van der Waals surface area contributed by atoms with E-state index in [-0.39, 0.29) is 5.78 Å². The van der Waals surface area contributed by atoms with E-state index < -0.39 is 0 Å². The first kappa shape index (κ1) is 12.3. The van der Waals surface area contributed by atoms with Gasteiger partial charge in [-0.1, -0.05) is 13.8 Å². The molecule has 84 valence electrons. The van der Waals surface area contributed by atoms with Crippen molar-refractivity contribution >= 4 is 17.5 Å². The Labute approximate surface area is 95.3 Å². The van der Waals surface area contributed by atoms with Gasteiger partial charge in [0.15, 0.2) is 0 Å². The van der Waals surface area contributed by atoms with E-state index in [4.69, 9.17) is 0 Å². The van der Waals surface area contributed by atoms with E-state index in [1.807, 2.05) is 17.8 Å². The van der Waals surface area contributed by atoms with Gasteiger partial charge in [-0.15, -0.1) is 0 Å². The predicted molar refractivity (Wildman–Crippen MR) is 64.1 cm³/mol. The highest BCUT2D eigenvalue weighted by molar-refractivity contribution is 8.00. The van der Waals surface area contributed by atoms with Crippen LogP contribution in [0.3, 0.4) is 0 Å². The van der Waals surface area contributed by atoms with Gasteiger partial charge in [0.2, 0.25) is 0 Å². The Morgan fingerprint density at radius 2 is 2.40 bits per heavy atom. The maximum absolute atomic E-state index is 11.6. The second-order valence-electron chi connectivity index (χ2n) is 3.70. The number of imidazole rings is 1. The van der Waals surface area contributed by atoms with Crippen LogP contribution >= 0.6 is 11.8 Å². The molecule has 0 saturated heterocycles. The molecule has 0 saturated carbocycles. The standard InChI is InChI=1S/C11H18N2OS/c1-4-9(2)15-8-10(14)7-11-12-5-6-13(11)3/h5-6,9H,4,7-8H2,1-3H3. The largest absolute Gasteiger partial charge is 0.338 e. The van der Waals surface area contributed by atoms with Gasteiger partial charge in [-0.2, -0.15) is 11.8 Å². The fourth-order valence-corrected chi connectivity index (χ4v) is 1.96. The summed E-state index contributed by atoms with van der Waals surface area (Å²) in [5.41, 5.74) is 0. The molecule has 0 spiro atoms. The van der Waals surface area contributed by atoms with Crippen molar-refractivity contribution in [2.45, 2.75) is 31.9 Å². The quantitative estimate of drug-likeness (QED) is 0.744. The molecular weight excluding hydrogens is 208 g/mol. The fourth-order valence-electron chi connectivity index (χ4n) is 1.15. The third-order valence-electron chi connectivity index (χ3n) is 2.38. The van der Waals surface area contributed by atoms with Crippen molar-refractivity contribution in [3.8, 4) is 0 Å². The molecule has 1 unspecified atom stereocenters. The molecule has 0 radical (unpaired) electrons. The monoisotopic (exact) mass is 226 g/mol.